The summed E-state index contributed by atoms with van der Waals surface area (Å²) in [7, 11) is 0. The largest absolute Gasteiger partial charge is 0.207 e. The molecule has 0 radical (unpaired) electrons. The lowest BCUT2D eigenvalue weighted by Gasteiger charge is -2.28. The third-order valence-electron chi connectivity index (χ3n) is 6.94. The molecule has 0 unspecified atom stereocenters. The average Bonchev–Trinajstić information content (AvgIpc) is 2.78. The van der Waals surface area contributed by atoms with Crippen molar-refractivity contribution in [1.29, 1.82) is 0 Å². The monoisotopic (exact) mass is 410 g/mol. The highest BCUT2D eigenvalue weighted by Gasteiger charge is 2.20. The molecular weight excluding hydrogens is 371 g/mol. The van der Waals surface area contributed by atoms with Gasteiger partial charge in [0.15, 0.2) is 0 Å². The van der Waals surface area contributed by atoms with Gasteiger partial charge in [0, 0.05) is 5.56 Å². The van der Waals surface area contributed by atoms with E-state index in [1.807, 2.05) is 25.1 Å². The zero-order chi connectivity index (χ0) is 21.2. The smallest absolute Gasteiger partial charge is 0.127 e. The van der Waals surface area contributed by atoms with Gasteiger partial charge in [-0.05, 0) is 54.9 Å². The van der Waals surface area contributed by atoms with Crippen LogP contribution >= 0.6 is 0 Å². The molecule has 2 aromatic rings. The Balaban J connectivity index is 1.39. The molecule has 1 saturated carbocycles. The Hall–Kier alpha value is -1.77. The van der Waals surface area contributed by atoms with Gasteiger partial charge in [-0.25, -0.2) is 4.39 Å². The maximum Gasteiger partial charge on any atom is 0.127 e. The second kappa shape index (κ2) is 12.2. The van der Waals surface area contributed by atoms with Gasteiger partial charge in [-0.15, -0.1) is 0 Å². The van der Waals surface area contributed by atoms with Crippen LogP contribution in [0.3, 0.4) is 0 Å². The summed E-state index contributed by atoms with van der Waals surface area (Å²) in [6.45, 7) is 4.25. The normalized spacial score (nSPS) is 19.2. The fraction of sp³-hybridized carbons (Fsp3) is 0.630. The molecule has 1 aliphatic rings. The Morgan fingerprint density at radius 1 is 0.833 bits per heavy atom. The molecule has 0 atom stereocenters. The standard InChI is InChI=1S/C27H39FN2/c1-3-5-6-7-8-9-21-10-12-22(13-11-21)14-17-25-18-19-27(30-29-25)24-16-15-23(4-2)26(28)20-24/h15-16,18-22H,3-14,17H2,1-2H3. The molecular formula is C27H39FN2. The molecule has 1 aliphatic carbocycles. The van der Waals surface area contributed by atoms with Crippen LogP contribution in [0.1, 0.15) is 95.7 Å². The first-order valence-corrected chi connectivity index (χ1v) is 12.3. The van der Waals surface area contributed by atoms with Crippen LogP contribution in [0, 0.1) is 17.7 Å². The van der Waals surface area contributed by atoms with Crippen molar-refractivity contribution in [2.75, 3.05) is 0 Å². The van der Waals surface area contributed by atoms with Gasteiger partial charge in [0.1, 0.15) is 5.82 Å². The van der Waals surface area contributed by atoms with Crippen LogP contribution in [0.2, 0.25) is 0 Å². The van der Waals surface area contributed by atoms with E-state index in [1.165, 1.54) is 70.6 Å². The second-order valence-corrected chi connectivity index (χ2v) is 9.20. The third kappa shape index (κ3) is 6.89. The van der Waals surface area contributed by atoms with E-state index in [-0.39, 0.29) is 5.82 Å². The van der Waals surface area contributed by atoms with Crippen LogP contribution in [-0.2, 0) is 12.8 Å². The molecule has 0 aliphatic heterocycles. The molecule has 164 valence electrons. The highest BCUT2D eigenvalue weighted by molar-refractivity contribution is 5.59. The van der Waals surface area contributed by atoms with Gasteiger partial charge in [-0.3, -0.25) is 0 Å². The summed E-state index contributed by atoms with van der Waals surface area (Å²) in [4.78, 5) is 0. The minimum Gasteiger partial charge on any atom is -0.207 e. The third-order valence-corrected chi connectivity index (χ3v) is 6.94. The second-order valence-electron chi connectivity index (χ2n) is 9.20. The van der Waals surface area contributed by atoms with Crippen molar-refractivity contribution in [2.45, 2.75) is 97.3 Å². The average molecular weight is 411 g/mol. The van der Waals surface area contributed by atoms with E-state index in [0.717, 1.165) is 40.8 Å². The molecule has 1 fully saturated rings. The minimum absolute atomic E-state index is 0.155. The molecule has 0 bridgehead atoms. The van der Waals surface area contributed by atoms with Crippen molar-refractivity contribution in [2.24, 2.45) is 11.8 Å². The molecule has 3 heteroatoms. The van der Waals surface area contributed by atoms with Gasteiger partial charge >= 0.3 is 0 Å². The SMILES string of the molecule is CCCCCCCC1CCC(CCc2ccc(-c3ccc(CC)c(F)c3)nn2)CC1. The van der Waals surface area contributed by atoms with Crippen LogP contribution in [0.15, 0.2) is 30.3 Å². The Labute approximate surface area is 182 Å². The predicted octanol–water partition coefficient (Wildman–Crippen LogP) is 7.94. The van der Waals surface area contributed by atoms with Crippen LogP contribution in [0.25, 0.3) is 11.3 Å². The van der Waals surface area contributed by atoms with Crippen molar-refractivity contribution < 1.29 is 4.39 Å². The lowest BCUT2D eigenvalue weighted by atomic mass is 9.78. The van der Waals surface area contributed by atoms with E-state index < -0.39 is 0 Å². The molecule has 0 saturated heterocycles. The number of benzene rings is 1. The lowest BCUT2D eigenvalue weighted by Crippen LogP contribution is -2.15. The number of nitrogens with zero attached hydrogens (tertiary/aromatic N) is 2. The van der Waals surface area contributed by atoms with Gasteiger partial charge in [0.2, 0.25) is 0 Å². The topological polar surface area (TPSA) is 25.8 Å². The molecule has 0 N–H and O–H groups in total. The van der Waals surface area contributed by atoms with E-state index in [9.17, 15) is 4.39 Å². The maximum absolute atomic E-state index is 14.0. The molecule has 1 heterocycles. The number of aryl methyl sites for hydroxylation is 2. The quantitative estimate of drug-likeness (QED) is 0.351. The molecule has 1 aromatic heterocycles. The summed E-state index contributed by atoms with van der Waals surface area (Å²) >= 11 is 0. The number of hydrogen-bond acceptors (Lipinski definition) is 2. The van der Waals surface area contributed by atoms with E-state index in [1.54, 1.807) is 6.07 Å². The minimum atomic E-state index is -0.155. The first-order valence-electron chi connectivity index (χ1n) is 12.3. The number of unbranched alkanes of at least 4 members (excludes halogenated alkanes) is 4. The lowest BCUT2D eigenvalue weighted by molar-refractivity contribution is 0.248. The molecule has 1 aromatic carbocycles. The Morgan fingerprint density at radius 3 is 2.20 bits per heavy atom. The first-order chi connectivity index (χ1) is 14.7. The van der Waals surface area contributed by atoms with Crippen molar-refractivity contribution in [1.82, 2.24) is 10.2 Å². The maximum atomic E-state index is 14.0. The van der Waals surface area contributed by atoms with E-state index >= 15 is 0 Å². The van der Waals surface area contributed by atoms with E-state index in [4.69, 9.17) is 0 Å². The summed E-state index contributed by atoms with van der Waals surface area (Å²) in [5.41, 5.74) is 3.36. The van der Waals surface area contributed by atoms with Crippen LogP contribution in [-0.4, -0.2) is 10.2 Å². The predicted molar refractivity (Wildman–Crippen MR) is 124 cm³/mol. The van der Waals surface area contributed by atoms with Gasteiger partial charge in [0.05, 0.1) is 11.4 Å². The van der Waals surface area contributed by atoms with Gasteiger partial charge in [-0.2, -0.15) is 10.2 Å². The summed E-state index contributed by atoms with van der Waals surface area (Å²) < 4.78 is 14.0. The summed E-state index contributed by atoms with van der Waals surface area (Å²) in [6.07, 6.45) is 17.0. The number of aromatic nitrogens is 2. The van der Waals surface area contributed by atoms with Gasteiger partial charge in [-0.1, -0.05) is 90.2 Å². The number of halogens is 1. The Bertz CT molecular complexity index is 748. The number of rotatable bonds is 11. The van der Waals surface area contributed by atoms with Crippen molar-refractivity contribution >= 4 is 0 Å². The zero-order valence-corrected chi connectivity index (χ0v) is 19.0. The van der Waals surface area contributed by atoms with Crippen LogP contribution < -0.4 is 0 Å². The van der Waals surface area contributed by atoms with Crippen molar-refractivity contribution in [3.63, 3.8) is 0 Å². The Kier molecular flexibility index (Phi) is 9.29. The van der Waals surface area contributed by atoms with E-state index in [2.05, 4.69) is 23.2 Å². The van der Waals surface area contributed by atoms with E-state index in [0.29, 0.717) is 6.42 Å². The van der Waals surface area contributed by atoms with Gasteiger partial charge < -0.3 is 0 Å². The summed E-state index contributed by atoms with van der Waals surface area (Å²) in [6, 6.07) is 9.41. The van der Waals surface area contributed by atoms with Crippen molar-refractivity contribution in [3.05, 3.63) is 47.4 Å². The van der Waals surface area contributed by atoms with Crippen molar-refractivity contribution in [3.8, 4) is 11.3 Å². The molecule has 3 rings (SSSR count). The van der Waals surface area contributed by atoms with Crippen LogP contribution in [0.5, 0.6) is 0 Å². The molecule has 2 nitrogen and oxygen atoms in total. The van der Waals surface area contributed by atoms with Crippen LogP contribution in [0.4, 0.5) is 4.39 Å². The van der Waals surface area contributed by atoms with Gasteiger partial charge in [0.25, 0.3) is 0 Å². The summed E-state index contributed by atoms with van der Waals surface area (Å²) in [5.74, 6) is 1.66. The highest BCUT2D eigenvalue weighted by atomic mass is 19.1. The zero-order valence-electron chi connectivity index (χ0n) is 19.0. The fourth-order valence-electron chi connectivity index (χ4n) is 4.84. The number of hydrogen-bond donors (Lipinski definition) is 0. The molecule has 0 spiro atoms. The molecule has 30 heavy (non-hydrogen) atoms. The summed E-state index contributed by atoms with van der Waals surface area (Å²) in [5, 5.41) is 8.78. The fourth-order valence-corrected chi connectivity index (χ4v) is 4.84. The first kappa shape index (κ1) is 22.9. The Morgan fingerprint density at radius 2 is 1.57 bits per heavy atom. The highest BCUT2D eigenvalue weighted by Crippen LogP contribution is 2.34. The molecule has 0 amide bonds.